The first-order valence-corrected chi connectivity index (χ1v) is 11.4. The molecular weight excluding hydrogens is 436 g/mol. The van der Waals surface area contributed by atoms with Gasteiger partial charge in [-0.25, -0.2) is 8.42 Å². The molecule has 0 bridgehead atoms. The number of nitrogens with zero attached hydrogens (tertiary/aromatic N) is 1. The number of ether oxygens (including phenoxy) is 1. The highest BCUT2D eigenvalue weighted by atomic mass is 32.2. The highest BCUT2D eigenvalue weighted by Gasteiger charge is 2.26. The van der Waals surface area contributed by atoms with Crippen LogP contribution < -0.4 is 16.2 Å². The van der Waals surface area contributed by atoms with Crippen molar-refractivity contribution in [2.24, 2.45) is 0 Å². The number of nitrogens with one attached hydrogen (secondary N) is 3. The van der Waals surface area contributed by atoms with Crippen LogP contribution in [0.4, 0.5) is 0 Å². The van der Waals surface area contributed by atoms with Crippen LogP contribution in [0.25, 0.3) is 0 Å². The predicted molar refractivity (Wildman–Crippen MR) is 115 cm³/mol. The van der Waals surface area contributed by atoms with Gasteiger partial charge in [-0.2, -0.15) is 4.31 Å². The van der Waals surface area contributed by atoms with E-state index in [4.69, 9.17) is 4.74 Å². The second-order valence-corrected chi connectivity index (χ2v) is 8.86. The SMILES string of the molecule is O=C(CCNC(=O)c1ccccc1)NNC(=O)c1cccc(S(=O)(=O)N2CCOCC2)c1. The van der Waals surface area contributed by atoms with Gasteiger partial charge >= 0.3 is 0 Å². The van der Waals surface area contributed by atoms with Crippen LogP contribution in [0.5, 0.6) is 0 Å². The summed E-state index contributed by atoms with van der Waals surface area (Å²) in [6.07, 6.45) is -0.0513. The summed E-state index contributed by atoms with van der Waals surface area (Å²) < 4.78 is 32.0. The van der Waals surface area contributed by atoms with Crippen molar-refractivity contribution in [3.05, 3.63) is 65.7 Å². The molecule has 32 heavy (non-hydrogen) atoms. The number of sulfonamides is 1. The van der Waals surface area contributed by atoms with E-state index in [-0.39, 0.29) is 42.4 Å². The van der Waals surface area contributed by atoms with Crippen molar-refractivity contribution in [2.45, 2.75) is 11.3 Å². The molecule has 1 heterocycles. The van der Waals surface area contributed by atoms with E-state index in [2.05, 4.69) is 16.2 Å². The Morgan fingerprint density at radius 1 is 0.875 bits per heavy atom. The van der Waals surface area contributed by atoms with Crippen molar-refractivity contribution in [2.75, 3.05) is 32.8 Å². The summed E-state index contributed by atoms with van der Waals surface area (Å²) in [5.41, 5.74) is 5.06. The van der Waals surface area contributed by atoms with Gasteiger partial charge in [-0.1, -0.05) is 24.3 Å². The van der Waals surface area contributed by atoms with Crippen LogP contribution in [-0.2, 0) is 19.6 Å². The molecule has 170 valence electrons. The molecule has 1 fully saturated rings. The minimum Gasteiger partial charge on any atom is -0.379 e. The topological polar surface area (TPSA) is 134 Å². The maximum atomic E-state index is 12.7. The fraction of sp³-hybridized carbons (Fsp3) is 0.286. The molecule has 1 aliphatic rings. The van der Waals surface area contributed by atoms with Crippen molar-refractivity contribution in [3.63, 3.8) is 0 Å². The van der Waals surface area contributed by atoms with Gasteiger partial charge in [0.2, 0.25) is 15.9 Å². The van der Waals surface area contributed by atoms with Crippen LogP contribution in [0, 0.1) is 0 Å². The lowest BCUT2D eigenvalue weighted by molar-refractivity contribution is -0.121. The Kier molecular flexibility index (Phi) is 7.92. The zero-order valence-corrected chi connectivity index (χ0v) is 18.1. The first kappa shape index (κ1) is 23.4. The van der Waals surface area contributed by atoms with E-state index < -0.39 is 21.8 Å². The molecular formula is C21H24N4O6S. The van der Waals surface area contributed by atoms with Crippen LogP contribution >= 0.6 is 0 Å². The number of benzene rings is 2. The maximum Gasteiger partial charge on any atom is 0.269 e. The number of carbonyl (C=O) groups is 3. The minimum absolute atomic E-state index is 0.0120. The third kappa shape index (κ3) is 6.13. The highest BCUT2D eigenvalue weighted by Crippen LogP contribution is 2.18. The number of amides is 3. The van der Waals surface area contributed by atoms with Crippen LogP contribution in [0.2, 0.25) is 0 Å². The molecule has 0 spiro atoms. The number of hydrogen-bond donors (Lipinski definition) is 3. The zero-order valence-electron chi connectivity index (χ0n) is 17.2. The van der Waals surface area contributed by atoms with Crippen LogP contribution in [-0.4, -0.2) is 63.3 Å². The Bertz CT molecular complexity index is 1070. The van der Waals surface area contributed by atoms with Gasteiger partial charge in [-0.05, 0) is 30.3 Å². The van der Waals surface area contributed by atoms with E-state index in [0.717, 1.165) is 0 Å². The Labute approximate surface area is 186 Å². The molecule has 0 aliphatic carbocycles. The maximum absolute atomic E-state index is 12.7. The van der Waals surface area contributed by atoms with E-state index in [1.54, 1.807) is 30.3 Å². The second-order valence-electron chi connectivity index (χ2n) is 6.92. The van der Waals surface area contributed by atoms with Gasteiger partial charge in [0, 0.05) is 37.2 Å². The fourth-order valence-electron chi connectivity index (χ4n) is 2.98. The fourth-order valence-corrected chi connectivity index (χ4v) is 4.43. The highest BCUT2D eigenvalue weighted by molar-refractivity contribution is 7.89. The molecule has 2 aromatic carbocycles. The second kappa shape index (κ2) is 10.8. The molecule has 3 amide bonds. The third-order valence-corrected chi connectivity index (χ3v) is 6.59. The average molecular weight is 461 g/mol. The Hall–Kier alpha value is -3.28. The van der Waals surface area contributed by atoms with Crippen molar-refractivity contribution in [1.29, 1.82) is 0 Å². The van der Waals surface area contributed by atoms with Crippen molar-refractivity contribution in [1.82, 2.24) is 20.5 Å². The molecule has 0 saturated carbocycles. The molecule has 3 rings (SSSR count). The monoisotopic (exact) mass is 460 g/mol. The van der Waals surface area contributed by atoms with Gasteiger partial charge in [-0.15, -0.1) is 0 Å². The van der Waals surface area contributed by atoms with Crippen molar-refractivity contribution < 1.29 is 27.5 Å². The zero-order chi connectivity index (χ0) is 23.0. The first-order chi connectivity index (χ1) is 15.4. The van der Waals surface area contributed by atoms with Gasteiger partial charge in [0.15, 0.2) is 0 Å². The molecule has 0 aromatic heterocycles. The van der Waals surface area contributed by atoms with E-state index in [1.165, 1.54) is 28.6 Å². The summed E-state index contributed by atoms with van der Waals surface area (Å²) in [7, 11) is -3.75. The Morgan fingerprint density at radius 3 is 2.28 bits per heavy atom. The Balaban J connectivity index is 1.49. The quantitative estimate of drug-likeness (QED) is 0.509. The largest absolute Gasteiger partial charge is 0.379 e. The third-order valence-electron chi connectivity index (χ3n) is 4.69. The normalized spacial score (nSPS) is 14.4. The number of carbonyl (C=O) groups excluding carboxylic acids is 3. The summed E-state index contributed by atoms with van der Waals surface area (Å²) >= 11 is 0. The standard InChI is InChI=1S/C21H24N4O6S/c26-19(9-10-22-20(27)16-5-2-1-3-6-16)23-24-21(28)17-7-4-8-18(15-17)32(29,30)25-11-13-31-14-12-25/h1-8,15H,9-14H2,(H,22,27)(H,23,26)(H,24,28). The van der Waals surface area contributed by atoms with Crippen LogP contribution in [0.15, 0.2) is 59.5 Å². The summed E-state index contributed by atoms with van der Waals surface area (Å²) in [5, 5.41) is 2.61. The molecule has 1 saturated heterocycles. The summed E-state index contributed by atoms with van der Waals surface area (Å²) in [6, 6.07) is 14.1. The lowest BCUT2D eigenvalue weighted by Crippen LogP contribution is -2.43. The summed E-state index contributed by atoms with van der Waals surface area (Å²) in [5.74, 6) is -1.48. The number of hydrazine groups is 1. The smallest absolute Gasteiger partial charge is 0.269 e. The first-order valence-electron chi connectivity index (χ1n) is 9.98. The molecule has 1 aliphatic heterocycles. The lowest BCUT2D eigenvalue weighted by atomic mass is 10.2. The van der Waals surface area contributed by atoms with E-state index >= 15 is 0 Å². The number of rotatable bonds is 7. The molecule has 0 atom stereocenters. The molecule has 0 unspecified atom stereocenters. The molecule has 0 radical (unpaired) electrons. The van der Waals surface area contributed by atoms with Crippen LogP contribution in [0.1, 0.15) is 27.1 Å². The van der Waals surface area contributed by atoms with E-state index in [1.807, 2.05) is 0 Å². The number of morpholine rings is 1. The van der Waals surface area contributed by atoms with Gasteiger partial charge < -0.3 is 10.1 Å². The minimum atomic E-state index is -3.75. The summed E-state index contributed by atoms with van der Waals surface area (Å²) in [4.78, 5) is 36.2. The van der Waals surface area contributed by atoms with Crippen molar-refractivity contribution >= 4 is 27.7 Å². The van der Waals surface area contributed by atoms with Gasteiger partial charge in [0.05, 0.1) is 18.1 Å². The van der Waals surface area contributed by atoms with E-state index in [9.17, 15) is 22.8 Å². The molecule has 2 aromatic rings. The van der Waals surface area contributed by atoms with Gasteiger partial charge in [-0.3, -0.25) is 25.2 Å². The van der Waals surface area contributed by atoms with E-state index in [0.29, 0.717) is 18.8 Å². The predicted octanol–water partition coefficient (Wildman–Crippen LogP) is 0.289. The van der Waals surface area contributed by atoms with Gasteiger partial charge in [0.1, 0.15) is 0 Å². The van der Waals surface area contributed by atoms with Crippen molar-refractivity contribution in [3.8, 4) is 0 Å². The Morgan fingerprint density at radius 2 is 1.56 bits per heavy atom. The molecule has 10 nitrogen and oxygen atoms in total. The number of hydrogen-bond acceptors (Lipinski definition) is 6. The summed E-state index contributed by atoms with van der Waals surface area (Å²) in [6.45, 7) is 1.21. The van der Waals surface area contributed by atoms with Crippen LogP contribution in [0.3, 0.4) is 0 Å². The molecule has 3 N–H and O–H groups in total. The average Bonchev–Trinajstić information content (AvgIpc) is 2.83. The lowest BCUT2D eigenvalue weighted by Gasteiger charge is -2.26. The molecule has 11 heteroatoms. The van der Waals surface area contributed by atoms with Gasteiger partial charge in [0.25, 0.3) is 11.8 Å².